The molecule has 0 aromatic rings. The molecular weight excluding hydrogens is 411 g/mol. The summed E-state index contributed by atoms with van der Waals surface area (Å²) in [6, 6.07) is 0. The van der Waals surface area contributed by atoms with Gasteiger partial charge in [0.2, 0.25) is 0 Å². The Balaban J connectivity index is 1.14. The molecule has 4 rings (SSSR count). The molecule has 10 heteroatoms. The molecule has 166 valence electrons. The molecule has 0 aliphatic heterocycles. The largest absolute Gasteiger partial charge is 0.618 e. The molecule has 4 aliphatic rings. The predicted molar refractivity (Wildman–Crippen MR) is 96.6 cm³/mol. The normalized spacial score (nSPS) is 38.6. The van der Waals surface area contributed by atoms with E-state index in [9.17, 15) is 31.6 Å². The number of alkyl halides is 3. The Bertz CT molecular complexity index is 768. The molecule has 0 aromatic carbocycles. The average Bonchev–Trinajstić information content (AvgIpc) is 2.95. The summed E-state index contributed by atoms with van der Waals surface area (Å²) in [5.41, 5.74) is -5.40. The minimum atomic E-state index is -5.72. The maximum absolute atomic E-state index is 12.8. The Hall–Kier alpha value is -0.870. The van der Waals surface area contributed by atoms with Crippen LogP contribution >= 0.6 is 0 Å². The van der Waals surface area contributed by atoms with Crippen LogP contribution in [-0.2, 0) is 19.6 Å². The lowest BCUT2D eigenvalue weighted by atomic mass is 9.55. The van der Waals surface area contributed by atoms with Gasteiger partial charge in [-0.3, -0.25) is 9.26 Å². The molecule has 3 bridgehead atoms. The van der Waals surface area contributed by atoms with Crippen molar-refractivity contribution in [1.82, 2.24) is 0 Å². The highest BCUT2D eigenvalue weighted by Crippen LogP contribution is 2.78. The molecule has 1 N–H and O–H groups in total. The minimum absolute atomic E-state index is 0.0687. The maximum Gasteiger partial charge on any atom is 0.549 e. The van der Waals surface area contributed by atoms with Crippen LogP contribution in [0, 0.1) is 33.8 Å². The van der Waals surface area contributed by atoms with E-state index in [1.807, 2.05) is 0 Å². The molecule has 4 aliphatic carbocycles. The number of quaternary nitrogens is 1. The summed E-state index contributed by atoms with van der Waals surface area (Å²) in [5.74, 6) is 2.10. The number of fused-ring (bicyclic) bond motifs is 2. The Labute approximate surface area is 168 Å². The van der Waals surface area contributed by atoms with E-state index in [4.69, 9.17) is 4.74 Å². The highest BCUT2D eigenvalue weighted by atomic mass is 32.2. The van der Waals surface area contributed by atoms with Crippen molar-refractivity contribution in [3.63, 3.8) is 0 Å². The summed E-state index contributed by atoms with van der Waals surface area (Å²) in [6.07, 6.45) is 8.35. The smallest absolute Gasteiger partial charge is 0.549 e. The maximum atomic E-state index is 12.8. The Morgan fingerprint density at radius 1 is 1.07 bits per heavy atom. The number of esters is 1. The number of hydrogen-bond acceptors (Lipinski definition) is 5. The van der Waals surface area contributed by atoms with E-state index in [1.165, 1.54) is 19.3 Å². The van der Waals surface area contributed by atoms with Crippen molar-refractivity contribution in [2.75, 3.05) is 13.2 Å². The highest BCUT2D eigenvalue weighted by Gasteiger charge is 2.72. The fraction of sp³-hybridized carbons (Fsp3) is 0.947. The summed E-state index contributed by atoms with van der Waals surface area (Å²) < 4.78 is 62.5. The number of rotatable bonds is 9. The van der Waals surface area contributed by atoms with E-state index in [1.54, 1.807) is 0 Å². The second-order valence-electron chi connectivity index (χ2n) is 9.66. The van der Waals surface area contributed by atoms with E-state index in [0.717, 1.165) is 25.2 Å². The van der Waals surface area contributed by atoms with E-state index < -0.39 is 26.5 Å². The standard InChI is InChI=1S/C19H28F3NO5S/c20-19(21,22)29(26,27)23(25)5-3-1-2-4-6-28-16(24)17-9-13-7-14-8-15(11-17)18(14,10-13)12-17/h13-15,23H,1-12H2. The molecule has 0 saturated heterocycles. The third-order valence-electron chi connectivity index (χ3n) is 8.01. The van der Waals surface area contributed by atoms with Crippen molar-refractivity contribution >= 4 is 16.0 Å². The number of hydroxylamine groups is 1. The molecule has 4 saturated carbocycles. The van der Waals surface area contributed by atoms with Gasteiger partial charge in [0.05, 0.1) is 18.6 Å². The summed E-state index contributed by atoms with van der Waals surface area (Å²) >= 11 is 0. The van der Waals surface area contributed by atoms with Crippen molar-refractivity contribution in [3.8, 4) is 0 Å². The van der Waals surface area contributed by atoms with Gasteiger partial charge >= 0.3 is 21.5 Å². The second kappa shape index (κ2) is 7.09. The van der Waals surface area contributed by atoms with E-state index in [-0.39, 0.29) is 24.4 Å². The van der Waals surface area contributed by atoms with Gasteiger partial charge in [0, 0.05) is 0 Å². The number of ether oxygens (including phenoxy) is 1. The quantitative estimate of drug-likeness (QED) is 0.339. The first-order valence-corrected chi connectivity index (χ1v) is 12.0. The molecule has 0 radical (unpaired) electrons. The number of sulfonamides is 1. The Kier molecular flexibility index (Phi) is 5.22. The van der Waals surface area contributed by atoms with Crippen LogP contribution in [0.5, 0.6) is 0 Å². The van der Waals surface area contributed by atoms with Crippen LogP contribution in [0.2, 0.25) is 0 Å². The molecule has 0 aromatic heterocycles. The zero-order valence-corrected chi connectivity index (χ0v) is 17.1. The summed E-state index contributed by atoms with van der Waals surface area (Å²) in [7, 11) is -5.72. The molecule has 0 heterocycles. The van der Waals surface area contributed by atoms with Gasteiger partial charge in [0.15, 0.2) is 0 Å². The van der Waals surface area contributed by atoms with Crippen molar-refractivity contribution in [3.05, 3.63) is 5.21 Å². The second-order valence-corrected chi connectivity index (χ2v) is 11.6. The third kappa shape index (κ3) is 3.39. The fourth-order valence-corrected chi connectivity index (χ4v) is 7.57. The number of hydrogen-bond donors (Lipinski definition) is 1. The fourth-order valence-electron chi connectivity index (χ4n) is 6.90. The van der Waals surface area contributed by atoms with Crippen molar-refractivity contribution < 1.29 is 35.6 Å². The molecule has 1 spiro atoms. The van der Waals surface area contributed by atoms with Crippen LogP contribution in [0.4, 0.5) is 13.2 Å². The number of nitrogens with one attached hydrogen (secondary N) is 1. The van der Waals surface area contributed by atoms with Gasteiger partial charge in [-0.25, -0.2) is 0 Å². The molecule has 0 amide bonds. The summed E-state index contributed by atoms with van der Waals surface area (Å²) in [6.45, 7) is -0.377. The highest BCUT2D eigenvalue weighted by molar-refractivity contribution is 7.86. The lowest BCUT2D eigenvalue weighted by Gasteiger charge is -2.49. The van der Waals surface area contributed by atoms with Crippen LogP contribution in [-0.4, -0.2) is 33.0 Å². The van der Waals surface area contributed by atoms with Crippen LogP contribution < -0.4 is 4.47 Å². The molecule has 6 atom stereocenters. The lowest BCUT2D eigenvalue weighted by molar-refractivity contribution is -0.712. The number of halogens is 3. The van der Waals surface area contributed by atoms with Gasteiger partial charge in [0.1, 0.15) is 0 Å². The van der Waals surface area contributed by atoms with Gasteiger partial charge in [-0.15, -0.1) is 0 Å². The molecule has 29 heavy (non-hydrogen) atoms. The van der Waals surface area contributed by atoms with Crippen LogP contribution in [0.25, 0.3) is 0 Å². The molecule has 6 unspecified atom stereocenters. The zero-order valence-electron chi connectivity index (χ0n) is 16.3. The van der Waals surface area contributed by atoms with Gasteiger partial charge < -0.3 is 9.94 Å². The first kappa shape index (κ1) is 21.4. The first-order chi connectivity index (χ1) is 13.5. The summed E-state index contributed by atoms with van der Waals surface area (Å²) in [4.78, 5) is 12.8. The predicted octanol–water partition coefficient (Wildman–Crippen LogP) is 2.54. The van der Waals surface area contributed by atoms with Gasteiger partial charge in [0.25, 0.3) is 0 Å². The van der Waals surface area contributed by atoms with Crippen molar-refractivity contribution in [2.24, 2.45) is 28.6 Å². The van der Waals surface area contributed by atoms with Gasteiger partial charge in [-0.05, 0) is 87.4 Å². The van der Waals surface area contributed by atoms with Crippen molar-refractivity contribution in [1.29, 1.82) is 0 Å². The van der Waals surface area contributed by atoms with Crippen molar-refractivity contribution in [2.45, 2.75) is 69.7 Å². The lowest BCUT2D eigenvalue weighted by Crippen LogP contribution is -3.10. The average molecular weight is 439 g/mol. The van der Waals surface area contributed by atoms with Gasteiger partial charge in [-0.1, -0.05) is 0 Å². The molecule has 4 fully saturated rings. The molecule has 6 nitrogen and oxygen atoms in total. The SMILES string of the molecule is O=C(OCCCCCC[NH+]([O-])S(=O)(=O)C(F)(F)F)C12CC3CC4CC(C1)C4(C3)C2. The van der Waals surface area contributed by atoms with Crippen LogP contribution in [0.15, 0.2) is 0 Å². The van der Waals surface area contributed by atoms with Crippen LogP contribution in [0.1, 0.15) is 64.2 Å². The van der Waals surface area contributed by atoms with E-state index in [2.05, 4.69) is 0 Å². The van der Waals surface area contributed by atoms with E-state index >= 15 is 0 Å². The van der Waals surface area contributed by atoms with E-state index in [0.29, 0.717) is 36.5 Å². The summed E-state index contributed by atoms with van der Waals surface area (Å²) in [5, 5.41) is 11.2. The Morgan fingerprint density at radius 3 is 2.52 bits per heavy atom. The number of carbonyl (C=O) groups excluding carboxylic acids is 1. The third-order valence-corrected chi connectivity index (χ3v) is 9.42. The first-order valence-electron chi connectivity index (χ1n) is 10.5. The van der Waals surface area contributed by atoms with Crippen LogP contribution in [0.3, 0.4) is 0 Å². The van der Waals surface area contributed by atoms with Gasteiger partial charge in [-0.2, -0.15) is 21.6 Å². The minimum Gasteiger partial charge on any atom is -0.618 e. The number of carbonyl (C=O) groups is 1. The number of unbranched alkanes of at least 4 members (excludes halogenated alkanes) is 3. The topological polar surface area (TPSA) is 87.9 Å². The zero-order chi connectivity index (χ0) is 21.1. The Morgan fingerprint density at radius 2 is 1.79 bits per heavy atom. The monoisotopic (exact) mass is 439 g/mol. The molecular formula is C19H28F3NO5S.